The number of nitrogens with one attached hydrogen (secondary N) is 2. The number of benzene rings is 2. The lowest BCUT2D eigenvalue weighted by Gasteiger charge is -2.39. The zero-order valence-electron chi connectivity index (χ0n) is 16.0. The van der Waals surface area contributed by atoms with Gasteiger partial charge >= 0.3 is 6.09 Å². The van der Waals surface area contributed by atoms with Crippen LogP contribution in [0.15, 0.2) is 54.6 Å². The van der Waals surface area contributed by atoms with Crippen LogP contribution in [0.5, 0.6) is 5.75 Å². The smallest absolute Gasteiger partial charge is 0.404 e. The molecule has 6 nitrogen and oxygen atoms in total. The molecule has 0 unspecified atom stereocenters. The predicted molar refractivity (Wildman–Crippen MR) is 106 cm³/mol. The summed E-state index contributed by atoms with van der Waals surface area (Å²) in [5, 5.41) is 14.6. The molecule has 2 aromatic carbocycles. The highest BCUT2D eigenvalue weighted by molar-refractivity contribution is 5.88. The van der Waals surface area contributed by atoms with Gasteiger partial charge < -0.3 is 20.5 Å². The first kappa shape index (κ1) is 19.7. The van der Waals surface area contributed by atoms with Crippen LogP contribution in [0.2, 0.25) is 0 Å². The maximum atomic E-state index is 13.3. The molecule has 28 heavy (non-hydrogen) atoms. The molecule has 0 aromatic heterocycles. The zero-order chi connectivity index (χ0) is 20.0. The first-order valence-corrected chi connectivity index (χ1v) is 9.50. The van der Waals surface area contributed by atoms with Crippen LogP contribution in [0.4, 0.5) is 4.79 Å². The molecule has 1 fully saturated rings. The Bertz CT molecular complexity index is 814. The van der Waals surface area contributed by atoms with Gasteiger partial charge in [0, 0.05) is 12.6 Å². The van der Waals surface area contributed by atoms with E-state index in [0.717, 1.165) is 11.1 Å². The summed E-state index contributed by atoms with van der Waals surface area (Å²) in [4.78, 5) is 24.3. The zero-order valence-corrected chi connectivity index (χ0v) is 16.0. The van der Waals surface area contributed by atoms with Gasteiger partial charge in [0.25, 0.3) is 0 Å². The minimum Gasteiger partial charge on any atom is -0.497 e. The van der Waals surface area contributed by atoms with Crippen molar-refractivity contribution < 1.29 is 19.4 Å². The van der Waals surface area contributed by atoms with Crippen LogP contribution < -0.4 is 15.4 Å². The molecule has 3 rings (SSSR count). The van der Waals surface area contributed by atoms with E-state index in [1.165, 1.54) is 0 Å². The summed E-state index contributed by atoms with van der Waals surface area (Å²) < 4.78 is 5.35. The van der Waals surface area contributed by atoms with Gasteiger partial charge in [-0.2, -0.15) is 0 Å². The summed E-state index contributed by atoms with van der Waals surface area (Å²) in [5.41, 5.74) is 1.25. The van der Waals surface area contributed by atoms with Crippen molar-refractivity contribution in [2.75, 3.05) is 7.11 Å². The Hall–Kier alpha value is -3.02. The molecule has 0 heterocycles. The van der Waals surface area contributed by atoms with Crippen LogP contribution in [-0.4, -0.2) is 30.3 Å². The van der Waals surface area contributed by atoms with Crippen molar-refractivity contribution in [1.29, 1.82) is 0 Å². The molecule has 1 saturated carbocycles. The van der Waals surface area contributed by atoms with Gasteiger partial charge in [0.15, 0.2) is 0 Å². The second-order valence-electron chi connectivity index (χ2n) is 7.21. The Morgan fingerprint density at radius 3 is 2.46 bits per heavy atom. The lowest BCUT2D eigenvalue weighted by Crippen LogP contribution is -2.49. The maximum Gasteiger partial charge on any atom is 0.404 e. The molecule has 3 N–H and O–H groups in total. The van der Waals surface area contributed by atoms with Gasteiger partial charge in [0.2, 0.25) is 5.91 Å². The van der Waals surface area contributed by atoms with Gasteiger partial charge in [-0.15, -0.1) is 0 Å². The second-order valence-corrected chi connectivity index (χ2v) is 7.21. The summed E-state index contributed by atoms with van der Waals surface area (Å²) in [7, 11) is 1.61. The summed E-state index contributed by atoms with van der Waals surface area (Å²) in [6.07, 6.45) is 1.36. The first-order chi connectivity index (χ1) is 13.5. The van der Waals surface area contributed by atoms with E-state index in [4.69, 9.17) is 9.84 Å². The Balaban J connectivity index is 1.82. The number of carboxylic acid groups (broad SMARTS) is 1. The topological polar surface area (TPSA) is 87.7 Å². The molecule has 0 saturated heterocycles. The highest BCUT2D eigenvalue weighted by Gasteiger charge is 2.43. The van der Waals surface area contributed by atoms with E-state index in [0.29, 0.717) is 38.0 Å². The molecular weight excluding hydrogens is 356 g/mol. The molecular formula is C22H26N2O4. The van der Waals surface area contributed by atoms with Crippen molar-refractivity contribution in [3.8, 4) is 5.75 Å². The average Bonchev–Trinajstić information content (AvgIpc) is 2.73. The van der Waals surface area contributed by atoms with Crippen LogP contribution in [-0.2, 0) is 16.8 Å². The van der Waals surface area contributed by atoms with E-state index < -0.39 is 11.5 Å². The number of rotatable bonds is 6. The van der Waals surface area contributed by atoms with Gasteiger partial charge in [0.1, 0.15) is 5.75 Å². The predicted octanol–water partition coefficient (Wildman–Crippen LogP) is 3.46. The van der Waals surface area contributed by atoms with E-state index >= 15 is 0 Å². The van der Waals surface area contributed by atoms with Crippen molar-refractivity contribution in [2.45, 2.75) is 43.7 Å². The van der Waals surface area contributed by atoms with Crippen molar-refractivity contribution >= 4 is 12.0 Å². The third-order valence-corrected chi connectivity index (χ3v) is 5.52. The molecule has 6 heteroatoms. The van der Waals surface area contributed by atoms with E-state index in [-0.39, 0.29) is 11.9 Å². The van der Waals surface area contributed by atoms with E-state index in [2.05, 4.69) is 10.6 Å². The fourth-order valence-electron chi connectivity index (χ4n) is 3.94. The summed E-state index contributed by atoms with van der Waals surface area (Å²) in [6, 6.07) is 17.3. The number of carbonyl (C=O) groups is 2. The summed E-state index contributed by atoms with van der Waals surface area (Å²) in [6.45, 7) is 0.461. The van der Waals surface area contributed by atoms with Gasteiger partial charge in [-0.3, -0.25) is 4.79 Å². The molecule has 2 aromatic rings. The highest BCUT2D eigenvalue weighted by atomic mass is 16.5. The third-order valence-electron chi connectivity index (χ3n) is 5.52. The van der Waals surface area contributed by atoms with Gasteiger partial charge in [-0.25, -0.2) is 4.79 Å². The standard InChI is InChI=1S/C22H26N2O4/c1-28-19-9-5-8-17(14-19)22(12-10-18(11-13-22)24-21(26)27)20(25)23-15-16-6-3-2-4-7-16/h2-9,14,18,24H,10-13,15H2,1H3,(H,23,25)(H,26,27). The summed E-state index contributed by atoms with van der Waals surface area (Å²) in [5.74, 6) is 0.678. The molecule has 0 spiro atoms. The Kier molecular flexibility index (Phi) is 6.19. The molecule has 0 aliphatic heterocycles. The Labute approximate surface area is 164 Å². The SMILES string of the molecule is COc1cccc(C2(C(=O)NCc3ccccc3)CCC(NC(=O)O)CC2)c1. The van der Waals surface area contributed by atoms with Gasteiger partial charge in [-0.1, -0.05) is 42.5 Å². The molecule has 2 amide bonds. The van der Waals surface area contributed by atoms with E-state index in [9.17, 15) is 9.59 Å². The van der Waals surface area contributed by atoms with Crippen LogP contribution >= 0.6 is 0 Å². The largest absolute Gasteiger partial charge is 0.497 e. The normalized spacial score (nSPS) is 21.5. The van der Waals surface area contributed by atoms with Crippen LogP contribution in [0.3, 0.4) is 0 Å². The van der Waals surface area contributed by atoms with E-state index in [1.54, 1.807) is 7.11 Å². The van der Waals surface area contributed by atoms with Gasteiger partial charge in [0.05, 0.1) is 12.5 Å². The first-order valence-electron chi connectivity index (χ1n) is 9.50. The number of hydrogen-bond acceptors (Lipinski definition) is 3. The van der Waals surface area contributed by atoms with Gasteiger partial charge in [-0.05, 0) is 48.9 Å². The molecule has 148 valence electrons. The molecule has 1 aliphatic rings. The minimum atomic E-state index is -1.02. The number of hydrogen-bond donors (Lipinski definition) is 3. The maximum absolute atomic E-state index is 13.3. The number of methoxy groups -OCH3 is 1. The lowest BCUT2D eigenvalue weighted by molar-refractivity contribution is -0.128. The molecule has 1 aliphatic carbocycles. The Morgan fingerprint density at radius 1 is 1.11 bits per heavy atom. The lowest BCUT2D eigenvalue weighted by atomic mass is 9.67. The fourth-order valence-corrected chi connectivity index (χ4v) is 3.94. The summed E-state index contributed by atoms with van der Waals surface area (Å²) >= 11 is 0. The number of ether oxygens (including phenoxy) is 1. The molecule has 0 radical (unpaired) electrons. The van der Waals surface area contributed by atoms with Crippen molar-refractivity contribution in [3.63, 3.8) is 0 Å². The van der Waals surface area contributed by atoms with Crippen LogP contribution in [0.25, 0.3) is 0 Å². The van der Waals surface area contributed by atoms with Crippen molar-refractivity contribution in [1.82, 2.24) is 10.6 Å². The number of amides is 2. The van der Waals surface area contributed by atoms with Crippen LogP contribution in [0.1, 0.15) is 36.8 Å². The third kappa shape index (κ3) is 4.44. The molecule has 0 atom stereocenters. The van der Waals surface area contributed by atoms with Crippen molar-refractivity contribution in [3.05, 3.63) is 65.7 Å². The molecule has 0 bridgehead atoms. The quantitative estimate of drug-likeness (QED) is 0.714. The number of carbonyl (C=O) groups excluding carboxylic acids is 1. The highest BCUT2D eigenvalue weighted by Crippen LogP contribution is 2.41. The second kappa shape index (κ2) is 8.78. The monoisotopic (exact) mass is 382 g/mol. The van der Waals surface area contributed by atoms with Crippen molar-refractivity contribution in [2.24, 2.45) is 0 Å². The Morgan fingerprint density at radius 2 is 1.82 bits per heavy atom. The minimum absolute atomic E-state index is 0.0293. The average molecular weight is 382 g/mol. The van der Waals surface area contributed by atoms with E-state index in [1.807, 2.05) is 54.6 Å². The van der Waals surface area contributed by atoms with Crippen LogP contribution in [0, 0.1) is 0 Å². The fraction of sp³-hybridized carbons (Fsp3) is 0.364.